The maximum atomic E-state index is 12.8. The molecule has 0 aromatic heterocycles. The largest absolute Gasteiger partial charge is 0.452 e. The number of benzene rings is 1. The monoisotopic (exact) mass is 447 g/mol. The summed E-state index contributed by atoms with van der Waals surface area (Å²) in [6, 6.07) is 4.23. The molecule has 30 heavy (non-hydrogen) atoms. The molecule has 0 spiro atoms. The first kappa shape index (κ1) is 22.1. The molecule has 9 nitrogen and oxygen atoms in total. The Morgan fingerprint density at radius 1 is 1.20 bits per heavy atom. The molecule has 2 aliphatic rings. The molecule has 4 amide bonds. The molecule has 2 aliphatic heterocycles. The highest BCUT2D eigenvalue weighted by Crippen LogP contribution is 2.45. The number of amides is 4. The number of rotatable bonds is 5. The van der Waals surface area contributed by atoms with E-state index in [0.717, 1.165) is 7.11 Å². The number of nitrogens with two attached hydrogens (primary N) is 1. The molecule has 1 aromatic rings. The van der Waals surface area contributed by atoms with Gasteiger partial charge < -0.3 is 10.5 Å². The summed E-state index contributed by atoms with van der Waals surface area (Å²) in [4.78, 5) is 54.0. The van der Waals surface area contributed by atoms with E-state index in [-0.39, 0.29) is 29.6 Å². The molecule has 3 unspecified atom stereocenters. The normalized spacial score (nSPS) is 24.3. The van der Waals surface area contributed by atoms with Gasteiger partial charge in [0.25, 0.3) is 5.91 Å². The van der Waals surface area contributed by atoms with Crippen LogP contribution in [0.1, 0.15) is 18.0 Å². The second-order valence-electron chi connectivity index (χ2n) is 6.45. The number of imide groups is 3. The van der Waals surface area contributed by atoms with Gasteiger partial charge in [0.15, 0.2) is 6.10 Å². The lowest BCUT2D eigenvalue weighted by Crippen LogP contribution is -2.41. The van der Waals surface area contributed by atoms with Gasteiger partial charge in [-0.2, -0.15) is 23.1 Å². The van der Waals surface area contributed by atoms with Crippen molar-refractivity contribution in [1.29, 1.82) is 0 Å². The first-order valence-electron chi connectivity index (χ1n) is 8.56. The number of ether oxygens (including phenoxy) is 1. The van der Waals surface area contributed by atoms with E-state index in [1.807, 2.05) is 0 Å². The summed E-state index contributed by atoms with van der Waals surface area (Å²) in [5, 5.41) is 1.22. The average Bonchev–Trinajstić information content (AvgIpc) is 3.15. The van der Waals surface area contributed by atoms with Crippen LogP contribution >= 0.6 is 11.8 Å². The molecular weight excluding hydrogens is 431 g/mol. The third-order valence-corrected chi connectivity index (χ3v) is 5.33. The number of likely N-dealkylation sites (tertiary alicyclic amines) is 1. The Morgan fingerprint density at radius 3 is 2.37 bits per heavy atom. The van der Waals surface area contributed by atoms with Gasteiger partial charge >= 0.3 is 11.6 Å². The predicted octanol–water partition coefficient (Wildman–Crippen LogP) is 1.58. The Kier molecular flexibility index (Phi) is 6.06. The number of methoxy groups -OCH3 is 1. The summed E-state index contributed by atoms with van der Waals surface area (Å²) >= 11 is -0.302. The zero-order chi connectivity index (χ0) is 22.2. The molecule has 3 rings (SSSR count). The maximum absolute atomic E-state index is 12.8. The van der Waals surface area contributed by atoms with E-state index in [1.54, 1.807) is 0 Å². The van der Waals surface area contributed by atoms with Crippen LogP contribution in [0.4, 0.5) is 18.0 Å². The van der Waals surface area contributed by atoms with Crippen LogP contribution < -0.4 is 5.73 Å². The van der Waals surface area contributed by atoms with Gasteiger partial charge in [0, 0.05) is 17.9 Å². The summed E-state index contributed by atoms with van der Waals surface area (Å²) in [7, 11) is 1.01. The highest BCUT2D eigenvalue weighted by Gasteiger charge is 2.61. The van der Waals surface area contributed by atoms with Crippen molar-refractivity contribution in [2.75, 3.05) is 13.7 Å². The van der Waals surface area contributed by atoms with Crippen molar-refractivity contribution in [2.24, 2.45) is 11.7 Å². The fraction of sp³-hybridized carbons (Fsp3) is 0.412. The Hall–Kier alpha value is -2.64. The van der Waals surface area contributed by atoms with Crippen molar-refractivity contribution in [3.8, 4) is 0 Å². The van der Waals surface area contributed by atoms with Gasteiger partial charge in [-0.25, -0.2) is 4.79 Å². The number of fused-ring (bicyclic) bond motifs is 1. The predicted molar refractivity (Wildman–Crippen MR) is 94.2 cm³/mol. The molecule has 162 valence electrons. The van der Waals surface area contributed by atoms with E-state index >= 15 is 0 Å². The Balaban J connectivity index is 1.93. The summed E-state index contributed by atoms with van der Waals surface area (Å²) in [5.41, 5.74) is 1.05. The van der Waals surface area contributed by atoms with Gasteiger partial charge in [-0.15, -0.1) is 0 Å². The van der Waals surface area contributed by atoms with Gasteiger partial charge in [-0.3, -0.25) is 19.2 Å². The molecule has 0 radical (unpaired) electrons. The molecule has 2 N–H and O–H groups in total. The van der Waals surface area contributed by atoms with E-state index in [1.165, 1.54) is 29.3 Å². The zero-order valence-electron chi connectivity index (χ0n) is 15.4. The first-order valence-corrected chi connectivity index (χ1v) is 9.38. The Labute approximate surface area is 172 Å². The minimum absolute atomic E-state index is 0.0646. The van der Waals surface area contributed by atoms with Crippen LogP contribution in [0.25, 0.3) is 0 Å². The van der Waals surface area contributed by atoms with Gasteiger partial charge in [0.05, 0.1) is 19.1 Å². The maximum Gasteiger partial charge on any atom is 0.446 e. The number of alkyl halides is 3. The summed E-state index contributed by atoms with van der Waals surface area (Å²) < 4.78 is 42.1. The van der Waals surface area contributed by atoms with E-state index < -0.39 is 47.4 Å². The number of hydrogen-bond acceptors (Lipinski definition) is 8. The van der Waals surface area contributed by atoms with Crippen LogP contribution in [0, 0.1) is 5.92 Å². The van der Waals surface area contributed by atoms with Crippen LogP contribution in [-0.2, 0) is 24.0 Å². The summed E-state index contributed by atoms with van der Waals surface area (Å²) in [6.45, 7) is -0.0646. The number of carbonyl (C=O) groups excluding carboxylic acids is 4. The standard InChI is InChI=1S/C17H16F3N3O6S/c1-28-16(27)23-14(25)11-12(8-2-4-9(5-3-8)30-17(18,19)20)22(7-6-10(21)24)29-13(11)15(23)26/h2-5,11-13H,6-7H2,1H3,(H2,21,24). The van der Waals surface area contributed by atoms with E-state index in [9.17, 15) is 32.3 Å². The fourth-order valence-electron chi connectivity index (χ4n) is 3.39. The van der Waals surface area contributed by atoms with Crippen molar-refractivity contribution in [2.45, 2.75) is 29.0 Å². The number of hydroxylamine groups is 2. The topological polar surface area (TPSA) is 119 Å². The molecule has 0 bridgehead atoms. The molecule has 3 atom stereocenters. The smallest absolute Gasteiger partial charge is 0.446 e. The third kappa shape index (κ3) is 4.27. The summed E-state index contributed by atoms with van der Waals surface area (Å²) in [5.74, 6) is -3.59. The average molecular weight is 447 g/mol. The number of carbonyl (C=O) groups is 4. The van der Waals surface area contributed by atoms with Gasteiger partial charge in [0.2, 0.25) is 11.8 Å². The minimum Gasteiger partial charge on any atom is -0.452 e. The van der Waals surface area contributed by atoms with Crippen molar-refractivity contribution in [3.63, 3.8) is 0 Å². The molecule has 2 saturated heterocycles. The number of thioether (sulfide) groups is 1. The molecular formula is C17H16F3N3O6S. The Bertz CT molecular complexity index is 878. The second kappa shape index (κ2) is 8.24. The fourth-order valence-corrected chi connectivity index (χ4v) is 3.93. The van der Waals surface area contributed by atoms with Crippen molar-refractivity contribution in [1.82, 2.24) is 9.96 Å². The van der Waals surface area contributed by atoms with E-state index in [0.29, 0.717) is 10.5 Å². The van der Waals surface area contributed by atoms with Crippen LogP contribution in [0.3, 0.4) is 0 Å². The third-order valence-electron chi connectivity index (χ3n) is 4.59. The first-order chi connectivity index (χ1) is 14.0. The van der Waals surface area contributed by atoms with Gasteiger partial charge in [0.1, 0.15) is 0 Å². The number of hydrogen-bond donors (Lipinski definition) is 1. The molecule has 2 fully saturated rings. The molecule has 0 saturated carbocycles. The van der Waals surface area contributed by atoms with E-state index in [4.69, 9.17) is 10.6 Å². The molecule has 1 aromatic carbocycles. The lowest BCUT2D eigenvalue weighted by Gasteiger charge is -2.26. The highest BCUT2D eigenvalue weighted by molar-refractivity contribution is 8.00. The van der Waals surface area contributed by atoms with Gasteiger partial charge in [-0.05, 0) is 29.5 Å². The van der Waals surface area contributed by atoms with Crippen LogP contribution in [0.15, 0.2) is 29.2 Å². The zero-order valence-corrected chi connectivity index (χ0v) is 16.2. The SMILES string of the molecule is COC(=O)N1C(=O)C2ON(CCC(N)=O)C(c3ccc(SC(F)(F)F)cc3)C2C1=O. The van der Waals surface area contributed by atoms with Crippen molar-refractivity contribution >= 4 is 35.6 Å². The van der Waals surface area contributed by atoms with Crippen molar-refractivity contribution < 1.29 is 41.9 Å². The van der Waals surface area contributed by atoms with Crippen LogP contribution in [-0.4, -0.2) is 59.0 Å². The number of halogens is 3. The molecule has 13 heteroatoms. The van der Waals surface area contributed by atoms with Crippen LogP contribution in [0.2, 0.25) is 0 Å². The quantitative estimate of drug-likeness (QED) is 0.534. The molecule has 2 heterocycles. The highest BCUT2D eigenvalue weighted by atomic mass is 32.2. The Morgan fingerprint density at radius 2 is 1.83 bits per heavy atom. The summed E-state index contributed by atoms with van der Waals surface area (Å²) in [6.07, 6.45) is -2.65. The van der Waals surface area contributed by atoms with Crippen LogP contribution in [0.5, 0.6) is 0 Å². The lowest BCUT2D eigenvalue weighted by atomic mass is 9.91. The molecule has 0 aliphatic carbocycles. The minimum atomic E-state index is -4.47. The van der Waals surface area contributed by atoms with Crippen molar-refractivity contribution in [3.05, 3.63) is 29.8 Å². The lowest BCUT2D eigenvalue weighted by molar-refractivity contribution is -0.178. The van der Waals surface area contributed by atoms with Gasteiger partial charge in [-0.1, -0.05) is 12.1 Å². The number of primary amides is 1. The second-order valence-corrected chi connectivity index (χ2v) is 7.59. The van der Waals surface area contributed by atoms with E-state index in [2.05, 4.69) is 4.74 Å². The number of nitrogens with zero attached hydrogens (tertiary/aromatic N) is 2.